The van der Waals surface area contributed by atoms with Crippen molar-refractivity contribution in [1.29, 1.82) is 0 Å². The molecule has 2 N–H and O–H groups in total. The number of benzene rings is 1. The zero-order valence-corrected chi connectivity index (χ0v) is 17.2. The summed E-state index contributed by atoms with van der Waals surface area (Å²) in [6.07, 6.45) is 5.47. The topological polar surface area (TPSA) is 87.5 Å². The van der Waals surface area contributed by atoms with E-state index < -0.39 is 0 Å². The molecule has 1 aliphatic rings. The summed E-state index contributed by atoms with van der Waals surface area (Å²) in [5.74, 6) is 1.14. The summed E-state index contributed by atoms with van der Waals surface area (Å²) in [6.45, 7) is 2.40. The molecule has 2 aromatic heterocycles. The monoisotopic (exact) mass is 404 g/mol. The Labute approximate surface area is 174 Å². The van der Waals surface area contributed by atoms with Crippen LogP contribution in [0.15, 0.2) is 47.0 Å². The van der Waals surface area contributed by atoms with Gasteiger partial charge in [0.05, 0.1) is 12.6 Å². The lowest BCUT2D eigenvalue weighted by atomic mass is 10.0. The van der Waals surface area contributed by atoms with Gasteiger partial charge in [-0.1, -0.05) is 18.2 Å². The molecule has 30 heavy (non-hydrogen) atoms. The van der Waals surface area contributed by atoms with Crippen LogP contribution in [0.1, 0.15) is 22.5 Å². The van der Waals surface area contributed by atoms with Crippen molar-refractivity contribution >= 4 is 34.7 Å². The van der Waals surface area contributed by atoms with Crippen LogP contribution in [0.5, 0.6) is 0 Å². The number of hydrogen-bond acceptors (Lipinski definition) is 5. The molecule has 0 saturated carbocycles. The normalized spacial score (nSPS) is 16.0. The number of aryl methyl sites for hydroxylation is 1. The Kier molecular flexibility index (Phi) is 5.37. The molecule has 0 bridgehead atoms. The quantitative estimate of drug-likeness (QED) is 0.639. The van der Waals surface area contributed by atoms with Gasteiger partial charge in [0.1, 0.15) is 17.2 Å². The third-order valence-electron chi connectivity index (χ3n) is 5.44. The van der Waals surface area contributed by atoms with Gasteiger partial charge < -0.3 is 20.0 Å². The third kappa shape index (κ3) is 3.84. The van der Waals surface area contributed by atoms with Crippen LogP contribution in [0, 0.1) is 6.92 Å². The Bertz CT molecular complexity index is 1150. The lowest BCUT2D eigenvalue weighted by Crippen LogP contribution is -2.43. The van der Waals surface area contributed by atoms with E-state index in [1.807, 2.05) is 37.3 Å². The number of furan rings is 1. The van der Waals surface area contributed by atoms with Gasteiger partial charge in [0.15, 0.2) is 0 Å². The Hall–Kier alpha value is -3.45. The van der Waals surface area contributed by atoms with Crippen LogP contribution >= 0.6 is 0 Å². The molecule has 1 aromatic carbocycles. The first kappa shape index (κ1) is 19.8. The van der Waals surface area contributed by atoms with E-state index in [0.29, 0.717) is 18.8 Å². The fourth-order valence-corrected chi connectivity index (χ4v) is 3.60. The molecular weight excluding hydrogens is 380 g/mol. The molecule has 7 nitrogen and oxygen atoms in total. The summed E-state index contributed by atoms with van der Waals surface area (Å²) in [4.78, 5) is 30.4. The van der Waals surface area contributed by atoms with E-state index in [1.165, 1.54) is 6.08 Å². The SMILES string of the molecule is CNC1Cc2cc(/C=C/C(=O)N(C)Cc3oc4ccccc4c3C)cnc2NC1=O. The average molecular weight is 404 g/mol. The summed E-state index contributed by atoms with van der Waals surface area (Å²) in [5.41, 5.74) is 3.62. The van der Waals surface area contributed by atoms with Crippen molar-refractivity contribution in [2.24, 2.45) is 0 Å². The van der Waals surface area contributed by atoms with Gasteiger partial charge in [-0.25, -0.2) is 4.98 Å². The second-order valence-corrected chi connectivity index (χ2v) is 7.49. The summed E-state index contributed by atoms with van der Waals surface area (Å²) in [7, 11) is 3.50. The molecule has 1 atom stereocenters. The second-order valence-electron chi connectivity index (χ2n) is 7.49. The molecule has 1 unspecified atom stereocenters. The van der Waals surface area contributed by atoms with Gasteiger partial charge in [-0.15, -0.1) is 0 Å². The minimum Gasteiger partial charge on any atom is -0.459 e. The van der Waals surface area contributed by atoms with Crippen molar-refractivity contribution in [1.82, 2.24) is 15.2 Å². The van der Waals surface area contributed by atoms with E-state index in [0.717, 1.165) is 33.4 Å². The fraction of sp³-hybridized carbons (Fsp3) is 0.261. The van der Waals surface area contributed by atoms with Crippen LogP contribution in [0.3, 0.4) is 0 Å². The van der Waals surface area contributed by atoms with Crippen LogP contribution in [-0.2, 0) is 22.6 Å². The predicted molar refractivity (Wildman–Crippen MR) is 116 cm³/mol. The van der Waals surface area contributed by atoms with Crippen molar-refractivity contribution in [2.75, 3.05) is 19.4 Å². The van der Waals surface area contributed by atoms with E-state index >= 15 is 0 Å². The highest BCUT2D eigenvalue weighted by atomic mass is 16.3. The minimum absolute atomic E-state index is 0.0847. The van der Waals surface area contributed by atoms with E-state index in [1.54, 1.807) is 31.3 Å². The number of aromatic nitrogens is 1. The Balaban J connectivity index is 1.45. The molecule has 2 amide bonds. The van der Waals surface area contributed by atoms with E-state index in [2.05, 4.69) is 15.6 Å². The third-order valence-corrected chi connectivity index (χ3v) is 5.44. The Morgan fingerprint density at radius 3 is 2.97 bits per heavy atom. The maximum Gasteiger partial charge on any atom is 0.246 e. The molecule has 3 aromatic rings. The van der Waals surface area contributed by atoms with Crippen LogP contribution in [0.25, 0.3) is 17.0 Å². The number of nitrogens with one attached hydrogen (secondary N) is 2. The molecule has 0 fully saturated rings. The predicted octanol–water partition coefficient (Wildman–Crippen LogP) is 2.89. The number of rotatable bonds is 5. The fourth-order valence-electron chi connectivity index (χ4n) is 3.60. The number of anilines is 1. The minimum atomic E-state index is -0.279. The Morgan fingerprint density at radius 2 is 2.20 bits per heavy atom. The van der Waals surface area contributed by atoms with Crippen molar-refractivity contribution in [3.63, 3.8) is 0 Å². The van der Waals surface area contributed by atoms with Gasteiger partial charge in [-0.05, 0) is 43.3 Å². The molecule has 0 aliphatic carbocycles. The maximum atomic E-state index is 12.6. The number of hydrogen-bond donors (Lipinski definition) is 2. The van der Waals surface area contributed by atoms with E-state index in [-0.39, 0.29) is 17.9 Å². The molecule has 154 valence electrons. The number of nitrogens with zero attached hydrogens (tertiary/aromatic N) is 2. The zero-order chi connectivity index (χ0) is 21.3. The largest absolute Gasteiger partial charge is 0.459 e. The number of para-hydroxylation sites is 1. The lowest BCUT2D eigenvalue weighted by Gasteiger charge is -2.23. The van der Waals surface area contributed by atoms with Gasteiger partial charge in [0, 0.05) is 36.7 Å². The van der Waals surface area contributed by atoms with Crippen molar-refractivity contribution in [2.45, 2.75) is 25.9 Å². The summed E-state index contributed by atoms with van der Waals surface area (Å²) in [5, 5.41) is 6.85. The molecule has 7 heteroatoms. The van der Waals surface area contributed by atoms with Crippen LogP contribution in [0.4, 0.5) is 5.82 Å². The van der Waals surface area contributed by atoms with E-state index in [9.17, 15) is 9.59 Å². The van der Waals surface area contributed by atoms with Gasteiger partial charge in [-0.2, -0.15) is 0 Å². The molecule has 3 heterocycles. The number of carbonyl (C=O) groups excluding carboxylic acids is 2. The number of fused-ring (bicyclic) bond motifs is 2. The Morgan fingerprint density at radius 1 is 1.40 bits per heavy atom. The van der Waals surface area contributed by atoms with Gasteiger partial charge in [0.2, 0.25) is 11.8 Å². The highest BCUT2D eigenvalue weighted by Crippen LogP contribution is 2.26. The number of likely N-dealkylation sites (N-methyl/N-ethyl adjacent to an activating group) is 2. The number of carbonyl (C=O) groups is 2. The van der Waals surface area contributed by atoms with Crippen LogP contribution < -0.4 is 10.6 Å². The molecule has 0 spiro atoms. The van der Waals surface area contributed by atoms with Crippen molar-refractivity contribution < 1.29 is 14.0 Å². The maximum absolute atomic E-state index is 12.6. The zero-order valence-electron chi connectivity index (χ0n) is 17.2. The first-order valence-corrected chi connectivity index (χ1v) is 9.83. The van der Waals surface area contributed by atoms with Crippen LogP contribution in [0.2, 0.25) is 0 Å². The number of amides is 2. The molecular formula is C23H24N4O3. The highest BCUT2D eigenvalue weighted by molar-refractivity contribution is 5.97. The molecule has 4 rings (SSSR count). The standard InChI is InChI=1S/C23H24N4O3/c1-14-17-6-4-5-7-19(17)30-20(14)13-27(3)21(28)9-8-15-10-16-11-18(24-2)23(29)26-22(16)25-12-15/h4-10,12,18,24H,11,13H2,1-3H3,(H,25,26,29)/b9-8+. The van der Waals surface area contributed by atoms with Crippen molar-refractivity contribution in [3.05, 3.63) is 65.1 Å². The van der Waals surface area contributed by atoms with Crippen molar-refractivity contribution in [3.8, 4) is 0 Å². The van der Waals surface area contributed by atoms with Gasteiger partial charge in [0.25, 0.3) is 0 Å². The highest BCUT2D eigenvalue weighted by Gasteiger charge is 2.25. The van der Waals surface area contributed by atoms with Gasteiger partial charge in [-0.3, -0.25) is 9.59 Å². The smallest absolute Gasteiger partial charge is 0.246 e. The molecule has 0 saturated heterocycles. The first-order chi connectivity index (χ1) is 14.5. The van der Waals surface area contributed by atoms with Crippen LogP contribution in [-0.4, -0.2) is 41.8 Å². The summed E-state index contributed by atoms with van der Waals surface area (Å²) in [6, 6.07) is 9.52. The van der Waals surface area contributed by atoms with E-state index in [4.69, 9.17) is 4.42 Å². The molecule has 0 radical (unpaired) electrons. The average Bonchev–Trinajstić information content (AvgIpc) is 3.07. The lowest BCUT2D eigenvalue weighted by molar-refractivity contribution is -0.125. The first-order valence-electron chi connectivity index (χ1n) is 9.83. The molecule has 1 aliphatic heterocycles. The second kappa shape index (κ2) is 8.12. The number of pyridine rings is 1. The summed E-state index contributed by atoms with van der Waals surface area (Å²) < 4.78 is 5.91. The summed E-state index contributed by atoms with van der Waals surface area (Å²) >= 11 is 0. The van der Waals surface area contributed by atoms with Gasteiger partial charge >= 0.3 is 0 Å².